The van der Waals surface area contributed by atoms with Gasteiger partial charge in [0.15, 0.2) is 0 Å². The molecule has 0 spiro atoms. The van der Waals surface area contributed by atoms with Gasteiger partial charge in [-0.1, -0.05) is 0 Å². The van der Waals surface area contributed by atoms with Crippen molar-refractivity contribution < 1.29 is 9.90 Å². The lowest BCUT2D eigenvalue weighted by molar-refractivity contribution is -0.119. The molecule has 1 atom stereocenters. The van der Waals surface area contributed by atoms with Crippen molar-refractivity contribution in [3.8, 4) is 0 Å². The molecular formula is C9H17N5O2. The van der Waals surface area contributed by atoms with Crippen molar-refractivity contribution in [1.82, 2.24) is 14.7 Å². The van der Waals surface area contributed by atoms with Gasteiger partial charge in [-0.05, 0) is 7.05 Å². The molecule has 7 nitrogen and oxygen atoms in total. The third kappa shape index (κ3) is 4.28. The van der Waals surface area contributed by atoms with Crippen molar-refractivity contribution in [3.63, 3.8) is 0 Å². The van der Waals surface area contributed by atoms with E-state index < -0.39 is 12.0 Å². The monoisotopic (exact) mass is 227 g/mol. The highest BCUT2D eigenvalue weighted by Crippen LogP contribution is 2.00. The lowest BCUT2D eigenvalue weighted by Crippen LogP contribution is -2.37. The second-order valence-corrected chi connectivity index (χ2v) is 3.81. The van der Waals surface area contributed by atoms with Crippen LogP contribution in [-0.2, 0) is 11.3 Å². The van der Waals surface area contributed by atoms with E-state index in [4.69, 9.17) is 11.5 Å². The van der Waals surface area contributed by atoms with E-state index in [-0.39, 0.29) is 6.54 Å². The number of aliphatic hydroxyl groups is 1. The van der Waals surface area contributed by atoms with Crippen LogP contribution < -0.4 is 11.5 Å². The summed E-state index contributed by atoms with van der Waals surface area (Å²) in [5, 5.41) is 13.6. The first-order valence-corrected chi connectivity index (χ1v) is 4.90. The van der Waals surface area contributed by atoms with Gasteiger partial charge in [-0.3, -0.25) is 14.4 Å². The van der Waals surface area contributed by atoms with Gasteiger partial charge in [0.1, 0.15) is 0 Å². The van der Waals surface area contributed by atoms with E-state index >= 15 is 0 Å². The zero-order valence-electron chi connectivity index (χ0n) is 9.21. The normalized spacial score (nSPS) is 12.9. The average Bonchev–Trinajstić information content (AvgIpc) is 2.48. The van der Waals surface area contributed by atoms with E-state index in [1.54, 1.807) is 22.8 Å². The molecule has 7 heteroatoms. The Kier molecular flexibility index (Phi) is 4.27. The molecule has 0 bridgehead atoms. The number of carbonyl (C=O) groups is 1. The molecule has 1 unspecified atom stereocenters. The number of aliphatic hydroxyl groups excluding tert-OH is 1. The summed E-state index contributed by atoms with van der Waals surface area (Å²) < 4.78 is 1.55. The zero-order chi connectivity index (χ0) is 12.1. The molecule has 0 saturated carbocycles. The molecule has 0 aliphatic heterocycles. The number of nitrogens with two attached hydrogens (primary N) is 2. The summed E-state index contributed by atoms with van der Waals surface area (Å²) >= 11 is 0. The summed E-state index contributed by atoms with van der Waals surface area (Å²) in [7, 11) is 1.71. The molecule has 1 heterocycles. The van der Waals surface area contributed by atoms with Crippen molar-refractivity contribution in [1.29, 1.82) is 0 Å². The maximum Gasteiger partial charge on any atom is 0.231 e. The zero-order valence-corrected chi connectivity index (χ0v) is 9.21. The predicted octanol–water partition coefficient (Wildman–Crippen LogP) is -1.76. The van der Waals surface area contributed by atoms with Gasteiger partial charge in [0.05, 0.1) is 31.1 Å². The van der Waals surface area contributed by atoms with Crippen molar-refractivity contribution in [2.24, 2.45) is 5.73 Å². The Bertz CT molecular complexity index is 351. The van der Waals surface area contributed by atoms with Gasteiger partial charge in [-0.2, -0.15) is 5.10 Å². The quantitative estimate of drug-likeness (QED) is 0.533. The largest absolute Gasteiger partial charge is 0.396 e. The molecule has 1 amide bonds. The maximum absolute atomic E-state index is 10.6. The van der Waals surface area contributed by atoms with Crippen LogP contribution in [0.5, 0.6) is 0 Å². The number of hydrogen-bond donors (Lipinski definition) is 3. The minimum Gasteiger partial charge on any atom is -0.396 e. The van der Waals surface area contributed by atoms with Crippen LogP contribution >= 0.6 is 0 Å². The molecule has 0 radical (unpaired) electrons. The van der Waals surface area contributed by atoms with E-state index in [1.807, 2.05) is 0 Å². The smallest absolute Gasteiger partial charge is 0.231 e. The molecule has 1 aromatic rings. The molecule has 0 aliphatic carbocycles. The van der Waals surface area contributed by atoms with Gasteiger partial charge in [-0.15, -0.1) is 0 Å². The van der Waals surface area contributed by atoms with Gasteiger partial charge >= 0.3 is 0 Å². The summed E-state index contributed by atoms with van der Waals surface area (Å²) in [4.78, 5) is 12.3. The number of nitrogen functional groups attached to an aromatic ring is 1. The summed E-state index contributed by atoms with van der Waals surface area (Å²) in [5.74, 6) is -0.418. The lowest BCUT2D eigenvalue weighted by atomic mass is 10.3. The number of aromatic nitrogens is 2. The van der Waals surface area contributed by atoms with Crippen molar-refractivity contribution in [2.45, 2.75) is 12.6 Å². The summed E-state index contributed by atoms with van der Waals surface area (Å²) in [6, 6.07) is 0. The van der Waals surface area contributed by atoms with Crippen LogP contribution in [0.25, 0.3) is 0 Å². The van der Waals surface area contributed by atoms with E-state index in [2.05, 4.69) is 5.10 Å². The maximum atomic E-state index is 10.6. The Labute approximate surface area is 93.6 Å². The van der Waals surface area contributed by atoms with Crippen LogP contribution in [0, 0.1) is 0 Å². The van der Waals surface area contributed by atoms with Crippen molar-refractivity contribution in [2.75, 3.05) is 25.9 Å². The number of primary amides is 1. The third-order valence-corrected chi connectivity index (χ3v) is 2.00. The molecule has 0 aliphatic rings. The summed E-state index contributed by atoms with van der Waals surface area (Å²) in [5.41, 5.74) is 11.1. The van der Waals surface area contributed by atoms with Crippen LogP contribution in [0.2, 0.25) is 0 Å². The minimum absolute atomic E-state index is 0.123. The number of amides is 1. The average molecular weight is 227 g/mol. The Morgan fingerprint density at radius 3 is 2.94 bits per heavy atom. The number of anilines is 1. The standard InChI is InChI=1S/C9H17N5O2/c1-13(6-9(11)16)4-8(15)5-14-3-7(10)2-12-14/h2-3,8,15H,4-6,10H2,1H3,(H2,11,16). The van der Waals surface area contributed by atoms with Crippen LogP contribution in [-0.4, -0.2) is 51.9 Å². The molecule has 1 rings (SSSR count). The molecule has 90 valence electrons. The van der Waals surface area contributed by atoms with E-state index in [9.17, 15) is 9.90 Å². The first-order chi connectivity index (χ1) is 7.47. The molecule has 5 N–H and O–H groups in total. The first-order valence-electron chi connectivity index (χ1n) is 4.90. The summed E-state index contributed by atoms with van der Waals surface area (Å²) in [6.07, 6.45) is 2.53. The molecule has 16 heavy (non-hydrogen) atoms. The van der Waals surface area contributed by atoms with E-state index in [0.717, 1.165) is 0 Å². The fourth-order valence-corrected chi connectivity index (χ4v) is 1.44. The lowest BCUT2D eigenvalue weighted by Gasteiger charge is -2.18. The number of carbonyl (C=O) groups excluding carboxylic acids is 1. The van der Waals surface area contributed by atoms with Gasteiger partial charge in [0, 0.05) is 12.7 Å². The number of hydrogen-bond acceptors (Lipinski definition) is 5. The van der Waals surface area contributed by atoms with E-state index in [0.29, 0.717) is 18.8 Å². The van der Waals surface area contributed by atoms with Crippen LogP contribution in [0.15, 0.2) is 12.4 Å². The van der Waals surface area contributed by atoms with Crippen molar-refractivity contribution >= 4 is 11.6 Å². The second kappa shape index (κ2) is 5.47. The Balaban J connectivity index is 2.35. The topological polar surface area (TPSA) is 110 Å². The Morgan fingerprint density at radius 1 is 1.75 bits per heavy atom. The highest BCUT2D eigenvalue weighted by atomic mass is 16.3. The van der Waals surface area contributed by atoms with E-state index in [1.165, 1.54) is 6.20 Å². The third-order valence-electron chi connectivity index (χ3n) is 2.00. The van der Waals surface area contributed by atoms with Crippen LogP contribution in [0.1, 0.15) is 0 Å². The molecular weight excluding hydrogens is 210 g/mol. The Morgan fingerprint density at radius 2 is 2.44 bits per heavy atom. The second-order valence-electron chi connectivity index (χ2n) is 3.81. The van der Waals surface area contributed by atoms with Crippen LogP contribution in [0.3, 0.4) is 0 Å². The fourth-order valence-electron chi connectivity index (χ4n) is 1.44. The minimum atomic E-state index is -0.622. The van der Waals surface area contributed by atoms with Crippen LogP contribution in [0.4, 0.5) is 5.69 Å². The highest BCUT2D eigenvalue weighted by molar-refractivity contribution is 5.75. The van der Waals surface area contributed by atoms with Crippen molar-refractivity contribution in [3.05, 3.63) is 12.4 Å². The molecule has 1 aromatic heterocycles. The number of nitrogens with zero attached hydrogens (tertiary/aromatic N) is 3. The van der Waals surface area contributed by atoms with Gasteiger partial charge in [-0.25, -0.2) is 0 Å². The fraction of sp³-hybridized carbons (Fsp3) is 0.556. The molecule has 0 aromatic carbocycles. The SMILES string of the molecule is CN(CC(N)=O)CC(O)Cn1cc(N)cn1. The first kappa shape index (κ1) is 12.5. The van der Waals surface area contributed by atoms with Gasteiger partial charge in [0.25, 0.3) is 0 Å². The molecule has 0 saturated heterocycles. The summed E-state index contributed by atoms with van der Waals surface area (Å²) in [6.45, 7) is 0.807. The highest BCUT2D eigenvalue weighted by Gasteiger charge is 2.11. The Hall–Kier alpha value is -1.60. The predicted molar refractivity (Wildman–Crippen MR) is 59.3 cm³/mol. The van der Waals surface area contributed by atoms with Gasteiger partial charge in [0.2, 0.25) is 5.91 Å². The number of likely N-dealkylation sites (N-methyl/N-ethyl adjacent to an activating group) is 1. The van der Waals surface area contributed by atoms with Gasteiger partial charge < -0.3 is 16.6 Å². The number of rotatable bonds is 6. The molecule has 0 fully saturated rings.